The van der Waals surface area contributed by atoms with Crippen molar-refractivity contribution in [2.75, 3.05) is 26.7 Å². The van der Waals surface area contributed by atoms with Crippen LogP contribution >= 0.6 is 15.9 Å². The Morgan fingerprint density at radius 3 is 2.79 bits per heavy atom. The standard InChI is InChI=1S/C14H25BrN4/c1-5-11-13(15)12(18(4)17-11)8-19-7-6-14(2,10-19)9-16-3/h16H,5-10H2,1-4H3. The van der Waals surface area contributed by atoms with E-state index in [1.165, 1.54) is 23.1 Å². The molecule has 1 saturated heterocycles. The summed E-state index contributed by atoms with van der Waals surface area (Å²) in [6, 6.07) is 0. The quantitative estimate of drug-likeness (QED) is 0.899. The molecule has 1 N–H and O–H groups in total. The number of aryl methyl sites for hydroxylation is 2. The maximum atomic E-state index is 4.57. The average molecular weight is 329 g/mol. The van der Waals surface area contributed by atoms with E-state index in [4.69, 9.17) is 0 Å². The monoisotopic (exact) mass is 328 g/mol. The zero-order valence-corrected chi connectivity index (χ0v) is 14.0. The van der Waals surface area contributed by atoms with Crippen molar-refractivity contribution in [3.05, 3.63) is 15.9 Å². The lowest BCUT2D eigenvalue weighted by atomic mass is 9.90. The minimum absolute atomic E-state index is 0.410. The third-order valence-electron chi connectivity index (χ3n) is 4.12. The third kappa shape index (κ3) is 3.20. The highest BCUT2D eigenvalue weighted by molar-refractivity contribution is 9.10. The van der Waals surface area contributed by atoms with Gasteiger partial charge < -0.3 is 5.32 Å². The van der Waals surface area contributed by atoms with Crippen LogP contribution in [0.5, 0.6) is 0 Å². The van der Waals surface area contributed by atoms with Crippen molar-refractivity contribution in [3.63, 3.8) is 0 Å². The van der Waals surface area contributed by atoms with Gasteiger partial charge in [0.25, 0.3) is 0 Å². The lowest BCUT2D eigenvalue weighted by Crippen LogP contribution is -2.33. The SMILES string of the molecule is CCc1nn(C)c(CN2CCC(C)(CNC)C2)c1Br. The molecule has 2 heterocycles. The normalized spacial score (nSPS) is 24.3. The summed E-state index contributed by atoms with van der Waals surface area (Å²) in [5, 5.41) is 7.89. The van der Waals surface area contributed by atoms with E-state index in [1.54, 1.807) is 0 Å². The maximum absolute atomic E-state index is 4.57. The van der Waals surface area contributed by atoms with Gasteiger partial charge in [-0.15, -0.1) is 0 Å². The number of rotatable bonds is 5. The average Bonchev–Trinajstić information content (AvgIpc) is 2.85. The molecule has 19 heavy (non-hydrogen) atoms. The van der Waals surface area contributed by atoms with Crippen molar-refractivity contribution >= 4 is 15.9 Å². The molecule has 1 atom stereocenters. The van der Waals surface area contributed by atoms with Gasteiger partial charge in [0.1, 0.15) is 0 Å². The van der Waals surface area contributed by atoms with Crippen molar-refractivity contribution in [3.8, 4) is 0 Å². The fraction of sp³-hybridized carbons (Fsp3) is 0.786. The first-order valence-corrected chi connectivity index (χ1v) is 7.85. The van der Waals surface area contributed by atoms with Crippen LogP contribution in [0.2, 0.25) is 0 Å². The lowest BCUT2D eigenvalue weighted by Gasteiger charge is -2.24. The van der Waals surface area contributed by atoms with Gasteiger partial charge in [-0.1, -0.05) is 13.8 Å². The predicted molar refractivity (Wildman–Crippen MR) is 82.2 cm³/mol. The van der Waals surface area contributed by atoms with E-state index in [0.29, 0.717) is 5.41 Å². The highest BCUT2D eigenvalue weighted by Crippen LogP contribution is 2.31. The molecule has 0 amide bonds. The van der Waals surface area contributed by atoms with Crippen LogP contribution in [0.15, 0.2) is 4.47 Å². The van der Waals surface area contributed by atoms with Gasteiger partial charge in [0.05, 0.1) is 15.9 Å². The Kier molecular flexibility index (Phi) is 4.69. The number of hydrogen-bond acceptors (Lipinski definition) is 3. The van der Waals surface area contributed by atoms with Crippen LogP contribution in [0.1, 0.15) is 31.7 Å². The Morgan fingerprint density at radius 1 is 1.47 bits per heavy atom. The first-order chi connectivity index (χ1) is 8.99. The molecule has 0 saturated carbocycles. The molecule has 0 aliphatic carbocycles. The van der Waals surface area contributed by atoms with E-state index >= 15 is 0 Å². The molecule has 1 fully saturated rings. The smallest absolute Gasteiger partial charge is 0.0767 e. The van der Waals surface area contributed by atoms with Gasteiger partial charge in [-0.3, -0.25) is 9.58 Å². The maximum Gasteiger partial charge on any atom is 0.0767 e. The topological polar surface area (TPSA) is 33.1 Å². The predicted octanol–water partition coefficient (Wildman–Crippen LogP) is 2.18. The summed E-state index contributed by atoms with van der Waals surface area (Å²) in [5.74, 6) is 0. The molecule has 0 aromatic carbocycles. The molecule has 2 rings (SSSR count). The third-order valence-corrected chi connectivity index (χ3v) is 5.03. The number of nitrogens with zero attached hydrogens (tertiary/aromatic N) is 3. The van der Waals surface area contributed by atoms with Crippen molar-refractivity contribution < 1.29 is 0 Å². The van der Waals surface area contributed by atoms with Crippen molar-refractivity contribution in [1.29, 1.82) is 0 Å². The Morgan fingerprint density at radius 2 is 2.21 bits per heavy atom. The second kappa shape index (κ2) is 5.94. The van der Waals surface area contributed by atoms with E-state index < -0.39 is 0 Å². The zero-order chi connectivity index (χ0) is 14.0. The van der Waals surface area contributed by atoms with Crippen molar-refractivity contribution in [2.45, 2.75) is 33.2 Å². The summed E-state index contributed by atoms with van der Waals surface area (Å²) in [5.41, 5.74) is 2.87. The van der Waals surface area contributed by atoms with Crippen LogP contribution < -0.4 is 5.32 Å². The molecule has 5 heteroatoms. The molecule has 1 aliphatic heterocycles. The van der Waals surface area contributed by atoms with Crippen LogP contribution in [0.3, 0.4) is 0 Å². The largest absolute Gasteiger partial charge is 0.319 e. The molecular formula is C14H25BrN4. The number of nitrogens with one attached hydrogen (secondary N) is 1. The Bertz CT molecular complexity index is 443. The van der Waals surface area contributed by atoms with Gasteiger partial charge in [-0.2, -0.15) is 5.10 Å². The first kappa shape index (κ1) is 15.0. The lowest BCUT2D eigenvalue weighted by molar-refractivity contribution is 0.260. The molecule has 4 nitrogen and oxygen atoms in total. The summed E-state index contributed by atoms with van der Waals surface area (Å²) >= 11 is 3.71. The van der Waals surface area contributed by atoms with Crippen molar-refractivity contribution in [2.24, 2.45) is 12.5 Å². The fourth-order valence-corrected chi connectivity index (χ4v) is 3.78. The molecular weight excluding hydrogens is 304 g/mol. The number of halogens is 1. The number of hydrogen-bond donors (Lipinski definition) is 1. The van der Waals surface area contributed by atoms with Gasteiger partial charge in [-0.25, -0.2) is 0 Å². The molecule has 108 valence electrons. The van der Waals surface area contributed by atoms with E-state index in [9.17, 15) is 0 Å². The van der Waals surface area contributed by atoms with Crippen LogP contribution in [-0.4, -0.2) is 41.4 Å². The first-order valence-electron chi connectivity index (χ1n) is 7.06. The van der Waals surface area contributed by atoms with Gasteiger partial charge in [0.15, 0.2) is 0 Å². The molecule has 1 aromatic heterocycles. The summed E-state index contributed by atoms with van der Waals surface area (Å²) < 4.78 is 3.22. The molecule has 1 aromatic rings. The van der Waals surface area contributed by atoms with Crippen LogP contribution in [0, 0.1) is 5.41 Å². The highest BCUT2D eigenvalue weighted by Gasteiger charge is 2.33. The summed E-state index contributed by atoms with van der Waals surface area (Å²) in [7, 11) is 4.08. The van der Waals surface area contributed by atoms with Gasteiger partial charge in [-0.05, 0) is 47.8 Å². The van der Waals surface area contributed by atoms with Crippen LogP contribution in [0.4, 0.5) is 0 Å². The van der Waals surface area contributed by atoms with E-state index in [2.05, 4.69) is 45.1 Å². The highest BCUT2D eigenvalue weighted by atomic mass is 79.9. The van der Waals surface area contributed by atoms with E-state index in [-0.39, 0.29) is 0 Å². The van der Waals surface area contributed by atoms with Crippen LogP contribution in [-0.2, 0) is 20.0 Å². The van der Waals surface area contributed by atoms with Crippen LogP contribution in [0.25, 0.3) is 0 Å². The zero-order valence-electron chi connectivity index (χ0n) is 12.5. The van der Waals surface area contributed by atoms with Crippen molar-refractivity contribution in [1.82, 2.24) is 20.0 Å². The molecule has 0 radical (unpaired) electrons. The second-order valence-electron chi connectivity index (χ2n) is 5.99. The van der Waals surface area contributed by atoms with E-state index in [0.717, 1.165) is 31.7 Å². The summed E-state index contributed by atoms with van der Waals surface area (Å²) in [6.07, 6.45) is 2.25. The Balaban J connectivity index is 2.05. The Labute approximate surface area is 124 Å². The summed E-state index contributed by atoms with van der Waals surface area (Å²) in [6.45, 7) is 8.94. The molecule has 1 unspecified atom stereocenters. The molecule has 1 aliphatic rings. The summed E-state index contributed by atoms with van der Waals surface area (Å²) in [4.78, 5) is 2.54. The molecule has 0 spiro atoms. The number of likely N-dealkylation sites (tertiary alicyclic amines) is 1. The minimum atomic E-state index is 0.410. The minimum Gasteiger partial charge on any atom is -0.319 e. The van der Waals surface area contributed by atoms with E-state index in [1.807, 2.05) is 18.8 Å². The fourth-order valence-electron chi connectivity index (χ4n) is 3.04. The van der Waals surface area contributed by atoms with Gasteiger partial charge in [0.2, 0.25) is 0 Å². The van der Waals surface area contributed by atoms with Gasteiger partial charge >= 0.3 is 0 Å². The molecule has 0 bridgehead atoms. The van der Waals surface area contributed by atoms with Gasteiger partial charge in [0, 0.05) is 26.7 Å². The second-order valence-corrected chi connectivity index (χ2v) is 6.78. The Hall–Kier alpha value is -0.390. The number of aromatic nitrogens is 2.